The molecule has 0 aliphatic carbocycles. The number of para-hydroxylation sites is 1. The summed E-state index contributed by atoms with van der Waals surface area (Å²) in [5.41, 5.74) is 2.61. The third kappa shape index (κ3) is 2.59. The van der Waals surface area contributed by atoms with E-state index in [1.54, 1.807) is 24.0 Å². The molecule has 0 saturated heterocycles. The van der Waals surface area contributed by atoms with Crippen molar-refractivity contribution < 1.29 is 9.18 Å². The fourth-order valence-electron chi connectivity index (χ4n) is 3.23. The van der Waals surface area contributed by atoms with Crippen molar-refractivity contribution in [3.63, 3.8) is 0 Å². The number of aromatic nitrogens is 1. The molecule has 0 unspecified atom stereocenters. The van der Waals surface area contributed by atoms with Crippen LogP contribution < -0.4 is 4.90 Å². The molecular formula is C19H17FN2OS. The molecule has 2 heterocycles. The average molecular weight is 340 g/mol. The minimum Gasteiger partial charge on any atom is -0.361 e. The van der Waals surface area contributed by atoms with Crippen LogP contribution in [0, 0.1) is 5.82 Å². The Balaban J connectivity index is 1.66. The Hall–Kier alpha value is -2.27. The number of nitrogens with zero attached hydrogens (tertiary/aromatic N) is 1. The summed E-state index contributed by atoms with van der Waals surface area (Å²) in [4.78, 5) is 19.1. The topological polar surface area (TPSA) is 36.1 Å². The van der Waals surface area contributed by atoms with Crippen molar-refractivity contribution in [2.45, 2.75) is 24.3 Å². The molecule has 1 aliphatic heterocycles. The lowest BCUT2D eigenvalue weighted by Gasteiger charge is -2.34. The molecule has 3 aromatic rings. The molecule has 3 nitrogen and oxygen atoms in total. The summed E-state index contributed by atoms with van der Waals surface area (Å²) in [5.74, 6) is 0.681. The zero-order valence-electron chi connectivity index (χ0n) is 13.3. The number of H-pyrrole nitrogens is 1. The number of amides is 1. The number of hydrogen-bond donors (Lipinski definition) is 1. The highest BCUT2D eigenvalue weighted by Gasteiger charge is 2.28. The van der Waals surface area contributed by atoms with Crippen LogP contribution in [-0.4, -0.2) is 22.7 Å². The van der Waals surface area contributed by atoms with E-state index in [0.29, 0.717) is 6.42 Å². The van der Waals surface area contributed by atoms with E-state index in [1.807, 2.05) is 23.1 Å². The van der Waals surface area contributed by atoms with Gasteiger partial charge in [0.05, 0.1) is 12.1 Å². The predicted molar refractivity (Wildman–Crippen MR) is 96.1 cm³/mol. The Morgan fingerprint density at radius 2 is 2.17 bits per heavy atom. The highest BCUT2D eigenvalue weighted by atomic mass is 32.2. The molecule has 1 aromatic heterocycles. The van der Waals surface area contributed by atoms with Crippen LogP contribution in [0.1, 0.15) is 12.5 Å². The smallest absolute Gasteiger partial charge is 0.231 e. The molecule has 1 aliphatic rings. The van der Waals surface area contributed by atoms with Crippen LogP contribution >= 0.6 is 11.8 Å². The number of carbonyl (C=O) groups is 1. The number of anilines is 1. The van der Waals surface area contributed by atoms with Gasteiger partial charge in [0.15, 0.2) is 0 Å². The summed E-state index contributed by atoms with van der Waals surface area (Å²) in [6.07, 6.45) is 2.10. The van der Waals surface area contributed by atoms with Gasteiger partial charge in [-0.15, -0.1) is 11.8 Å². The van der Waals surface area contributed by atoms with Gasteiger partial charge >= 0.3 is 0 Å². The summed E-state index contributed by atoms with van der Waals surface area (Å²) in [6, 6.07) is 12.8. The lowest BCUT2D eigenvalue weighted by molar-refractivity contribution is -0.118. The zero-order valence-corrected chi connectivity index (χ0v) is 14.1. The number of thioether (sulfide) groups is 1. The van der Waals surface area contributed by atoms with Crippen LogP contribution in [0.25, 0.3) is 10.9 Å². The predicted octanol–water partition coefficient (Wildman–Crippen LogP) is 4.38. The minimum absolute atomic E-state index is 0.0699. The summed E-state index contributed by atoms with van der Waals surface area (Å²) >= 11 is 1.79. The number of halogens is 1. The zero-order chi connectivity index (χ0) is 16.7. The average Bonchev–Trinajstić information content (AvgIpc) is 2.96. The maximum Gasteiger partial charge on any atom is 0.231 e. The standard InChI is InChI=1S/C19H17FN2OS/c1-12-11-24-18-5-3-2-4-17(18)22(12)19(23)8-13-10-21-16-9-14(20)6-7-15(13)16/h2-7,9-10,12,21H,8,11H2,1H3/t12-/m0/s1. The Labute approximate surface area is 143 Å². The van der Waals surface area contributed by atoms with Crippen molar-refractivity contribution in [2.75, 3.05) is 10.7 Å². The first-order chi connectivity index (χ1) is 11.6. The number of fused-ring (bicyclic) bond motifs is 2. The quantitative estimate of drug-likeness (QED) is 0.752. The number of rotatable bonds is 2. The van der Waals surface area contributed by atoms with Gasteiger partial charge in [-0.3, -0.25) is 4.79 Å². The fraction of sp³-hybridized carbons (Fsp3) is 0.211. The van der Waals surface area contributed by atoms with Gasteiger partial charge in [-0.25, -0.2) is 4.39 Å². The van der Waals surface area contributed by atoms with E-state index >= 15 is 0 Å². The minimum atomic E-state index is -0.280. The van der Waals surface area contributed by atoms with Gasteiger partial charge in [0.1, 0.15) is 5.82 Å². The largest absolute Gasteiger partial charge is 0.361 e. The first-order valence-corrected chi connectivity index (χ1v) is 8.91. The Bertz CT molecular complexity index is 921. The van der Waals surface area contributed by atoms with E-state index in [4.69, 9.17) is 0 Å². The number of nitrogens with one attached hydrogen (secondary N) is 1. The Kier molecular flexibility index (Phi) is 3.81. The van der Waals surface area contributed by atoms with Crippen molar-refractivity contribution in [3.8, 4) is 0 Å². The van der Waals surface area contributed by atoms with E-state index in [9.17, 15) is 9.18 Å². The van der Waals surface area contributed by atoms with Crippen LogP contribution in [0.4, 0.5) is 10.1 Å². The van der Waals surface area contributed by atoms with Crippen LogP contribution in [0.5, 0.6) is 0 Å². The molecule has 24 heavy (non-hydrogen) atoms. The second-order valence-electron chi connectivity index (χ2n) is 6.07. The van der Waals surface area contributed by atoms with Crippen molar-refractivity contribution in [1.29, 1.82) is 0 Å². The molecule has 0 radical (unpaired) electrons. The van der Waals surface area contributed by atoms with Gasteiger partial charge in [-0.05, 0) is 42.8 Å². The summed E-state index contributed by atoms with van der Waals surface area (Å²) < 4.78 is 13.3. The number of benzene rings is 2. The maximum atomic E-state index is 13.3. The molecule has 0 bridgehead atoms. The monoisotopic (exact) mass is 340 g/mol. The molecule has 0 spiro atoms. The lowest BCUT2D eigenvalue weighted by Crippen LogP contribution is -2.43. The van der Waals surface area contributed by atoms with E-state index in [0.717, 1.165) is 32.8 Å². The summed E-state index contributed by atoms with van der Waals surface area (Å²) in [6.45, 7) is 2.07. The van der Waals surface area contributed by atoms with Gasteiger partial charge < -0.3 is 9.88 Å². The first-order valence-electron chi connectivity index (χ1n) is 7.93. The van der Waals surface area contributed by atoms with E-state index in [-0.39, 0.29) is 17.8 Å². The maximum absolute atomic E-state index is 13.3. The molecule has 122 valence electrons. The second-order valence-corrected chi connectivity index (χ2v) is 7.13. The van der Waals surface area contributed by atoms with Gasteiger partial charge in [-0.1, -0.05) is 12.1 Å². The molecule has 0 saturated carbocycles. The van der Waals surface area contributed by atoms with Crippen molar-refractivity contribution in [2.24, 2.45) is 0 Å². The van der Waals surface area contributed by atoms with Gasteiger partial charge in [0.25, 0.3) is 0 Å². The summed E-state index contributed by atoms with van der Waals surface area (Å²) in [5, 5.41) is 0.900. The van der Waals surface area contributed by atoms with E-state index < -0.39 is 0 Å². The molecule has 1 amide bonds. The van der Waals surface area contributed by atoms with Crippen molar-refractivity contribution in [1.82, 2.24) is 4.98 Å². The van der Waals surface area contributed by atoms with Crippen LogP contribution in [0.15, 0.2) is 53.6 Å². The number of hydrogen-bond acceptors (Lipinski definition) is 2. The van der Waals surface area contributed by atoms with Gasteiger partial charge in [0, 0.05) is 33.8 Å². The molecule has 5 heteroatoms. The highest BCUT2D eigenvalue weighted by molar-refractivity contribution is 7.99. The third-order valence-electron chi connectivity index (χ3n) is 4.39. The van der Waals surface area contributed by atoms with Crippen molar-refractivity contribution >= 4 is 34.3 Å². The lowest BCUT2D eigenvalue weighted by atomic mass is 10.1. The first kappa shape index (κ1) is 15.3. The fourth-order valence-corrected chi connectivity index (χ4v) is 4.29. The van der Waals surface area contributed by atoms with Gasteiger partial charge in [-0.2, -0.15) is 0 Å². The van der Waals surface area contributed by atoms with Crippen molar-refractivity contribution in [3.05, 3.63) is 60.0 Å². The SMILES string of the molecule is C[C@H]1CSc2ccccc2N1C(=O)Cc1c[nH]c2cc(F)ccc12. The van der Waals surface area contributed by atoms with E-state index in [2.05, 4.69) is 18.0 Å². The molecular weight excluding hydrogens is 323 g/mol. The van der Waals surface area contributed by atoms with Crippen LogP contribution in [0.3, 0.4) is 0 Å². The normalized spacial score (nSPS) is 17.1. The Morgan fingerprint density at radius 3 is 3.04 bits per heavy atom. The molecule has 1 N–H and O–H groups in total. The van der Waals surface area contributed by atoms with Gasteiger partial charge in [0.2, 0.25) is 5.91 Å². The van der Waals surface area contributed by atoms with E-state index in [1.165, 1.54) is 12.1 Å². The molecule has 4 rings (SSSR count). The Morgan fingerprint density at radius 1 is 1.33 bits per heavy atom. The molecule has 2 aromatic carbocycles. The van der Waals surface area contributed by atoms with Crippen LogP contribution in [0.2, 0.25) is 0 Å². The number of carbonyl (C=O) groups excluding carboxylic acids is 1. The third-order valence-corrected chi connectivity index (χ3v) is 5.69. The highest BCUT2D eigenvalue weighted by Crippen LogP contribution is 2.37. The molecule has 0 fully saturated rings. The summed E-state index contributed by atoms with van der Waals surface area (Å²) in [7, 11) is 0. The number of aromatic amines is 1. The second kappa shape index (κ2) is 5.98. The molecule has 1 atom stereocenters. The van der Waals surface area contributed by atoms with Crippen LogP contribution in [-0.2, 0) is 11.2 Å².